The van der Waals surface area contributed by atoms with Crippen LogP contribution in [0.3, 0.4) is 0 Å². The summed E-state index contributed by atoms with van der Waals surface area (Å²) in [5.41, 5.74) is 0. The summed E-state index contributed by atoms with van der Waals surface area (Å²) in [6.45, 7) is 16.4. The van der Waals surface area contributed by atoms with Gasteiger partial charge in [-0.1, -0.05) is 19.9 Å². The second kappa shape index (κ2) is 19.9. The summed E-state index contributed by atoms with van der Waals surface area (Å²) in [4.78, 5) is 45.3. The molecule has 0 spiro atoms. The Bertz CT molecular complexity index is 827. The van der Waals surface area contributed by atoms with Crippen molar-refractivity contribution in [3.63, 3.8) is 0 Å². The summed E-state index contributed by atoms with van der Waals surface area (Å²) in [6.07, 6.45) is 17.8. The Morgan fingerprint density at radius 2 is 1.68 bits per heavy atom. The molecule has 2 saturated heterocycles. The number of likely N-dealkylation sites (tertiary alicyclic amines) is 2. The topological polar surface area (TPSA) is 81.8 Å². The van der Waals surface area contributed by atoms with Gasteiger partial charge < -0.3 is 0 Å². The zero-order chi connectivity index (χ0) is 30.2. The first-order valence-electron chi connectivity index (χ1n) is 16.6. The number of hydrogen-bond donors (Lipinski definition) is 2. The molecule has 3 fully saturated rings. The van der Waals surface area contributed by atoms with Gasteiger partial charge in [-0.15, -0.1) is 6.58 Å². The van der Waals surface area contributed by atoms with E-state index in [1.54, 1.807) is 6.08 Å². The quantitative estimate of drug-likeness (QED) is 0.114. The Kier molecular flexibility index (Phi) is 17.4. The third kappa shape index (κ3) is 11.4. The van der Waals surface area contributed by atoms with E-state index in [4.69, 9.17) is 0 Å². The van der Waals surface area contributed by atoms with Crippen LogP contribution in [-0.2, 0) is 40.5 Å². The van der Waals surface area contributed by atoms with Crippen LogP contribution in [0.1, 0.15) is 111 Å². The van der Waals surface area contributed by atoms with Gasteiger partial charge >= 0.3 is 235 Å². The van der Waals surface area contributed by atoms with Gasteiger partial charge in [0.05, 0.1) is 0 Å². The van der Waals surface area contributed by atoms with Gasteiger partial charge in [-0.3, -0.25) is 0 Å². The van der Waals surface area contributed by atoms with Crippen molar-refractivity contribution < 1.29 is 40.5 Å². The van der Waals surface area contributed by atoms with Crippen LogP contribution in [0.2, 0.25) is 3.43 Å². The first-order valence-corrected chi connectivity index (χ1v) is 19.8. The minimum atomic E-state index is -0.454. The van der Waals surface area contributed by atoms with Gasteiger partial charge in [-0.2, -0.15) is 0 Å². The predicted molar refractivity (Wildman–Crippen MR) is 164 cm³/mol. The second-order valence-corrected chi connectivity index (χ2v) is 15.3. The molecule has 0 bridgehead atoms. The number of rotatable bonds is 17. The maximum absolute atomic E-state index is 14.2. The SMILES string of the molecule is C=CCCCCC[C@@H](C(=O)N1CC[C@H](CCC)C1C(=O)NC(CC=C)[CH]([Hg])C(=O)NC1CC1)N1CCCCC1.CC. The number of unbranched alkanes of at least 4 members (excludes halogenated alkanes) is 3. The van der Waals surface area contributed by atoms with Gasteiger partial charge in [-0.25, -0.2) is 0 Å². The van der Waals surface area contributed by atoms with Crippen molar-refractivity contribution in [2.45, 2.75) is 138 Å². The summed E-state index contributed by atoms with van der Waals surface area (Å²) >= 11 is 0.152. The van der Waals surface area contributed by atoms with E-state index in [1.807, 2.05) is 24.8 Å². The zero-order valence-electron chi connectivity index (χ0n) is 26.4. The zero-order valence-corrected chi connectivity index (χ0v) is 31.9. The van der Waals surface area contributed by atoms with E-state index in [0.717, 1.165) is 90.1 Å². The molecule has 2 N–H and O–H groups in total. The largest absolute Gasteiger partial charge is 0.0683 e. The molecule has 3 aliphatic rings. The predicted octanol–water partition coefficient (Wildman–Crippen LogP) is 5.70. The molecule has 3 amide bonds. The van der Waals surface area contributed by atoms with Crippen molar-refractivity contribution in [2.24, 2.45) is 5.92 Å². The summed E-state index contributed by atoms with van der Waals surface area (Å²) in [7, 11) is 0. The van der Waals surface area contributed by atoms with E-state index in [1.165, 1.54) is 6.42 Å². The van der Waals surface area contributed by atoms with Crippen molar-refractivity contribution in [1.82, 2.24) is 20.4 Å². The van der Waals surface area contributed by atoms with Crippen LogP contribution in [0.5, 0.6) is 0 Å². The fourth-order valence-electron chi connectivity index (χ4n) is 6.31. The second-order valence-electron chi connectivity index (χ2n) is 11.9. The van der Waals surface area contributed by atoms with E-state index in [2.05, 4.69) is 35.6 Å². The molecule has 0 radical (unpaired) electrons. The Morgan fingerprint density at radius 3 is 2.29 bits per heavy atom. The van der Waals surface area contributed by atoms with Gasteiger partial charge in [0.1, 0.15) is 0 Å². The number of amides is 3. The first-order chi connectivity index (χ1) is 19.9. The molecule has 5 atom stereocenters. The number of nitrogens with one attached hydrogen (secondary N) is 2. The fourth-order valence-corrected chi connectivity index (χ4v) is 7.97. The van der Waals surface area contributed by atoms with Gasteiger partial charge in [0, 0.05) is 0 Å². The minimum Gasteiger partial charge on any atom is -0.0683 e. The molecule has 41 heavy (non-hydrogen) atoms. The average molecular weight is 758 g/mol. The van der Waals surface area contributed by atoms with Crippen LogP contribution in [0.25, 0.3) is 0 Å². The average Bonchev–Trinajstić information content (AvgIpc) is 3.71. The van der Waals surface area contributed by atoms with Crippen LogP contribution < -0.4 is 10.6 Å². The number of carbonyl (C=O) groups is 3. The van der Waals surface area contributed by atoms with Gasteiger partial charge in [-0.05, 0) is 6.42 Å². The Morgan fingerprint density at radius 1 is 0.976 bits per heavy atom. The fraction of sp³-hybridized carbons (Fsp3) is 0.788. The summed E-state index contributed by atoms with van der Waals surface area (Å²) in [5, 5.41) is 6.38. The summed E-state index contributed by atoms with van der Waals surface area (Å²) < 4.78 is -0.167. The van der Waals surface area contributed by atoms with Crippen molar-refractivity contribution in [3.05, 3.63) is 25.3 Å². The molecule has 0 aromatic heterocycles. The normalized spacial score (nSPS) is 23.0. The van der Waals surface area contributed by atoms with Gasteiger partial charge in [0.25, 0.3) is 0 Å². The minimum absolute atomic E-state index is 0.0686. The van der Waals surface area contributed by atoms with E-state index >= 15 is 0 Å². The van der Waals surface area contributed by atoms with E-state index in [9.17, 15) is 14.4 Å². The van der Waals surface area contributed by atoms with Crippen LogP contribution >= 0.6 is 0 Å². The Balaban J connectivity index is 0.00000287. The third-order valence-electron chi connectivity index (χ3n) is 8.73. The molecule has 8 heteroatoms. The molecule has 3 rings (SSSR count). The smallest absolute Gasteiger partial charge is 0.0683 e. The number of allylic oxidation sites excluding steroid dienone is 1. The molecule has 1 saturated carbocycles. The first kappa shape index (κ1) is 36.0. The van der Waals surface area contributed by atoms with Crippen LogP contribution in [0, 0.1) is 5.92 Å². The van der Waals surface area contributed by atoms with E-state index in [-0.39, 0.29) is 65.3 Å². The number of nitrogens with zero attached hydrogens (tertiary/aromatic N) is 2. The maximum Gasteiger partial charge on any atom is -0.0683 e. The van der Waals surface area contributed by atoms with Crippen LogP contribution in [-0.4, -0.2) is 71.3 Å². The molecule has 7 nitrogen and oxygen atoms in total. The number of hydrogen-bond acceptors (Lipinski definition) is 4. The van der Waals surface area contributed by atoms with Gasteiger partial charge in [0.15, 0.2) is 0 Å². The standard InChI is InChI=1S/C31H51N4O3.C2H6.Hg/c1-4-7-8-9-11-16-27(34-20-12-10-13-21-34)31(38)35-22-19-24(14-5-2)29(35)30(37)33-26(15-6-3)23-28(36)32-25-17-18-25;1-2;/h4,6,23-27,29H,1,3,5,7-22H2,2H3,(H,32,36)(H,33,37);1-2H3;/t24-,26?,27-,29?;;/m0../s1. The molecular formula is C33H57HgN4O3. The Labute approximate surface area is 266 Å². The summed E-state index contributed by atoms with van der Waals surface area (Å²) in [5.74, 6) is 0.288. The Hall–Kier alpha value is -1.21. The van der Waals surface area contributed by atoms with Crippen molar-refractivity contribution in [2.75, 3.05) is 19.6 Å². The number of carbonyl (C=O) groups excluding carboxylic acids is 3. The van der Waals surface area contributed by atoms with Crippen molar-refractivity contribution in [3.8, 4) is 0 Å². The maximum atomic E-state index is 14.2. The van der Waals surface area contributed by atoms with Crippen molar-refractivity contribution in [1.29, 1.82) is 0 Å². The third-order valence-corrected chi connectivity index (χ3v) is 12.4. The molecule has 1 aliphatic carbocycles. The molecule has 3 unspecified atom stereocenters. The number of piperidine rings is 1. The molecule has 2 heterocycles. The molecule has 229 valence electrons. The van der Waals surface area contributed by atoms with Crippen molar-refractivity contribution >= 4 is 17.7 Å². The van der Waals surface area contributed by atoms with E-state index < -0.39 is 6.04 Å². The molecule has 2 aliphatic heterocycles. The monoisotopic (exact) mass is 759 g/mol. The molecule has 0 aromatic rings. The molecule has 0 aromatic carbocycles. The van der Waals surface area contributed by atoms with Crippen LogP contribution in [0.4, 0.5) is 0 Å². The van der Waals surface area contributed by atoms with Gasteiger partial charge in [0.2, 0.25) is 0 Å². The molecular weight excluding hydrogens is 701 g/mol. The van der Waals surface area contributed by atoms with Crippen LogP contribution in [0.15, 0.2) is 25.3 Å². The summed E-state index contributed by atoms with van der Waals surface area (Å²) in [6, 6.07) is -0.541. The van der Waals surface area contributed by atoms with E-state index in [0.29, 0.717) is 19.0 Å².